The van der Waals surface area contributed by atoms with Crippen molar-refractivity contribution in [3.05, 3.63) is 68.8 Å². The molecule has 0 aliphatic carbocycles. The number of unbranched alkanes of at least 4 members (excludes halogenated alkanes) is 3. The first-order valence-corrected chi connectivity index (χ1v) is 16.9. The van der Waals surface area contributed by atoms with Gasteiger partial charge < -0.3 is 24.5 Å². The average molecular weight is 641 g/mol. The Bertz CT molecular complexity index is 1870. The van der Waals surface area contributed by atoms with E-state index >= 15 is 0 Å². The molecule has 0 fully saturated rings. The van der Waals surface area contributed by atoms with Gasteiger partial charge in [-0.1, -0.05) is 40.0 Å². The summed E-state index contributed by atoms with van der Waals surface area (Å²) in [6, 6.07) is 6.23. The zero-order valence-electron chi connectivity index (χ0n) is 28.8. The summed E-state index contributed by atoms with van der Waals surface area (Å²) < 4.78 is 11.3. The minimum atomic E-state index is -1.02. The fourth-order valence-electron chi connectivity index (χ4n) is 7.05. The fourth-order valence-corrected chi connectivity index (χ4v) is 7.05. The summed E-state index contributed by atoms with van der Waals surface area (Å²) in [6.45, 7) is 16.4. The van der Waals surface area contributed by atoms with E-state index in [2.05, 4.69) is 56.7 Å². The van der Waals surface area contributed by atoms with E-state index in [9.17, 15) is 14.7 Å². The first-order valence-electron chi connectivity index (χ1n) is 16.9. The Labute approximate surface area is 276 Å². The molecule has 0 aromatic carbocycles. The van der Waals surface area contributed by atoms with Crippen molar-refractivity contribution < 1.29 is 24.2 Å². The molecule has 0 amide bonds. The maximum Gasteiger partial charge on any atom is 0.338 e. The molecule has 5 rings (SSSR count). The zero-order chi connectivity index (χ0) is 33.8. The number of carboxylic acid groups (broad SMARTS) is 1. The number of carbonyl (C=O) groups excluding carboxylic acids is 1. The molecule has 5 heterocycles. The van der Waals surface area contributed by atoms with Gasteiger partial charge in [0, 0.05) is 57.5 Å². The van der Waals surface area contributed by atoms with Crippen LogP contribution in [0.3, 0.4) is 0 Å². The number of ether oxygens (including phenoxy) is 2. The molecule has 8 bridgehead atoms. The van der Waals surface area contributed by atoms with Gasteiger partial charge in [0.2, 0.25) is 0 Å². The van der Waals surface area contributed by atoms with E-state index in [1.807, 2.05) is 19.9 Å². The predicted molar refractivity (Wildman–Crippen MR) is 186 cm³/mol. The lowest BCUT2D eigenvalue weighted by molar-refractivity contribution is -0.130. The Morgan fingerprint density at radius 2 is 1.60 bits per heavy atom. The van der Waals surface area contributed by atoms with Gasteiger partial charge in [0.1, 0.15) is 0 Å². The number of allylic oxidation sites excluding steroid dienone is 1. The van der Waals surface area contributed by atoms with Gasteiger partial charge in [-0.3, -0.25) is 9.78 Å². The highest BCUT2D eigenvalue weighted by molar-refractivity contribution is 6.24. The van der Waals surface area contributed by atoms with Gasteiger partial charge in [-0.05, 0) is 93.0 Å². The second-order valence-corrected chi connectivity index (χ2v) is 12.9. The lowest BCUT2D eigenvalue weighted by Gasteiger charge is -2.17. The lowest BCUT2D eigenvalue weighted by Crippen LogP contribution is -2.09. The van der Waals surface area contributed by atoms with Crippen molar-refractivity contribution >= 4 is 45.7 Å². The van der Waals surface area contributed by atoms with Crippen LogP contribution >= 0.6 is 0 Å². The molecule has 0 saturated heterocycles. The Balaban J connectivity index is 1.82. The molecule has 0 saturated carbocycles. The van der Waals surface area contributed by atoms with Gasteiger partial charge in [0.15, 0.2) is 0 Å². The summed E-state index contributed by atoms with van der Waals surface area (Å²) in [6.07, 6.45) is 5.98. The van der Waals surface area contributed by atoms with Gasteiger partial charge in [0.05, 0.1) is 30.2 Å². The molecular weight excluding hydrogens is 592 g/mol. The van der Waals surface area contributed by atoms with Crippen molar-refractivity contribution in [2.24, 2.45) is 0 Å². The molecular formula is C38H48N4O5. The van der Waals surface area contributed by atoms with E-state index in [-0.39, 0.29) is 24.0 Å². The standard InChI is InChI=1S/C38H48N4O5/c1-8-10-11-12-14-46-19-28-23(5)29-16-31-22(4)27(13-15-47-20-43)36(41-31)25(7)37-35(38(44)45)24(6)32(42-37)18-33-26(9-2)21(3)30(39-33)17-34(28)40-29/h16-18,20,22,27,39-40H,8-15,19H2,1-7H3,(H,44,45)/t22-,27-/m0/s1. The molecule has 250 valence electrons. The highest BCUT2D eigenvalue weighted by Gasteiger charge is 2.33. The van der Waals surface area contributed by atoms with Gasteiger partial charge in [-0.2, -0.15) is 0 Å². The SMILES string of the molecule is CCCCCCOCc1c(C)c2cc3nc(c(C)c4nc(cc5[nH]c(cc1[nH]2)c(C)c5CC)C(C)=C4C(=O)O)[C@@H](CCOC=O)[C@@H]3C. The first-order chi connectivity index (χ1) is 22.6. The second kappa shape index (κ2) is 14.7. The molecule has 47 heavy (non-hydrogen) atoms. The predicted octanol–water partition coefficient (Wildman–Crippen LogP) is 8.37. The summed E-state index contributed by atoms with van der Waals surface area (Å²) >= 11 is 0. The molecule has 3 aromatic rings. The molecule has 0 radical (unpaired) electrons. The van der Waals surface area contributed by atoms with Crippen LogP contribution in [0.25, 0.3) is 33.2 Å². The third kappa shape index (κ3) is 6.77. The molecule has 0 unspecified atom stereocenters. The number of fused-ring (bicyclic) bond motifs is 8. The van der Waals surface area contributed by atoms with E-state index in [4.69, 9.17) is 19.4 Å². The third-order valence-electron chi connectivity index (χ3n) is 9.97. The van der Waals surface area contributed by atoms with Crippen LogP contribution in [0.1, 0.15) is 122 Å². The maximum atomic E-state index is 12.7. The lowest BCUT2D eigenvalue weighted by atomic mass is 9.86. The smallest absolute Gasteiger partial charge is 0.338 e. The van der Waals surface area contributed by atoms with Crippen LogP contribution in [-0.4, -0.2) is 50.7 Å². The van der Waals surface area contributed by atoms with Gasteiger partial charge in [0.25, 0.3) is 6.47 Å². The first kappa shape index (κ1) is 34.1. The molecule has 9 nitrogen and oxygen atoms in total. The van der Waals surface area contributed by atoms with Gasteiger partial charge >= 0.3 is 5.97 Å². The van der Waals surface area contributed by atoms with Crippen molar-refractivity contribution in [2.45, 2.75) is 105 Å². The topological polar surface area (TPSA) is 130 Å². The number of nitrogens with one attached hydrogen (secondary N) is 2. The van der Waals surface area contributed by atoms with Crippen LogP contribution in [0.5, 0.6) is 0 Å². The molecule has 3 N–H and O–H groups in total. The van der Waals surface area contributed by atoms with E-state index in [1.165, 1.54) is 19.3 Å². The Morgan fingerprint density at radius 3 is 2.28 bits per heavy atom. The summed E-state index contributed by atoms with van der Waals surface area (Å²) in [5.74, 6) is -1.11. The number of carboxylic acids is 1. The third-order valence-corrected chi connectivity index (χ3v) is 9.97. The van der Waals surface area contributed by atoms with E-state index < -0.39 is 5.97 Å². The summed E-state index contributed by atoms with van der Waals surface area (Å²) in [5.41, 5.74) is 12.6. The summed E-state index contributed by atoms with van der Waals surface area (Å²) in [4.78, 5) is 41.1. The van der Waals surface area contributed by atoms with Crippen LogP contribution in [0.4, 0.5) is 0 Å². The van der Waals surface area contributed by atoms with Crippen molar-refractivity contribution in [2.75, 3.05) is 13.2 Å². The zero-order valence-corrected chi connectivity index (χ0v) is 28.8. The van der Waals surface area contributed by atoms with E-state index in [0.29, 0.717) is 36.5 Å². The van der Waals surface area contributed by atoms with Crippen molar-refractivity contribution in [1.82, 2.24) is 19.9 Å². The number of H-pyrrole nitrogens is 2. The second-order valence-electron chi connectivity index (χ2n) is 12.9. The number of rotatable bonds is 13. The fraction of sp³-hybridized carbons (Fsp3) is 0.474. The number of hydrogen-bond acceptors (Lipinski definition) is 6. The average Bonchev–Trinajstić information content (AvgIpc) is 3.72. The Hall–Kier alpha value is -4.24. The molecule has 2 aliphatic heterocycles. The van der Waals surface area contributed by atoms with Crippen LogP contribution in [0.15, 0.2) is 18.2 Å². The number of aromatic nitrogens is 4. The van der Waals surface area contributed by atoms with Crippen LogP contribution in [0.2, 0.25) is 0 Å². The number of nitrogens with zero attached hydrogens (tertiary/aromatic N) is 2. The summed E-state index contributed by atoms with van der Waals surface area (Å²) in [7, 11) is 0. The number of aliphatic carboxylic acids is 1. The normalized spacial score (nSPS) is 16.1. The number of hydrogen-bond donors (Lipinski definition) is 3. The Kier molecular flexibility index (Phi) is 10.6. The van der Waals surface area contributed by atoms with Gasteiger partial charge in [-0.25, -0.2) is 9.78 Å². The molecule has 9 heteroatoms. The number of carbonyl (C=O) groups is 2. The molecule has 2 atom stereocenters. The number of aryl methyl sites for hydroxylation is 3. The monoisotopic (exact) mass is 640 g/mol. The van der Waals surface area contributed by atoms with Crippen molar-refractivity contribution in [1.29, 1.82) is 0 Å². The Morgan fingerprint density at radius 1 is 0.894 bits per heavy atom. The highest BCUT2D eigenvalue weighted by atomic mass is 16.5. The van der Waals surface area contributed by atoms with Crippen molar-refractivity contribution in [3.63, 3.8) is 0 Å². The van der Waals surface area contributed by atoms with Crippen LogP contribution in [0, 0.1) is 20.8 Å². The van der Waals surface area contributed by atoms with Crippen LogP contribution < -0.4 is 0 Å². The minimum Gasteiger partial charge on any atom is -0.478 e. The van der Waals surface area contributed by atoms with E-state index in [0.717, 1.165) is 80.7 Å². The number of aromatic amines is 2. The molecule has 3 aromatic heterocycles. The summed E-state index contributed by atoms with van der Waals surface area (Å²) in [5, 5.41) is 10.4. The quantitative estimate of drug-likeness (QED) is 0.126. The largest absolute Gasteiger partial charge is 0.478 e. The maximum absolute atomic E-state index is 12.7. The van der Waals surface area contributed by atoms with E-state index in [1.54, 1.807) is 0 Å². The minimum absolute atomic E-state index is 0.00505. The highest BCUT2D eigenvalue weighted by Crippen LogP contribution is 2.42. The molecule has 0 spiro atoms. The van der Waals surface area contributed by atoms with Gasteiger partial charge in [-0.15, -0.1) is 0 Å². The molecule has 2 aliphatic rings. The van der Waals surface area contributed by atoms with Crippen LogP contribution in [-0.2, 0) is 32.1 Å². The van der Waals surface area contributed by atoms with Crippen molar-refractivity contribution in [3.8, 4) is 0 Å².